The minimum atomic E-state index is -0.513. The fourth-order valence-corrected chi connectivity index (χ4v) is 17.2. The molecule has 1 spiro atoms. The van der Waals surface area contributed by atoms with Crippen LogP contribution in [0, 0.1) is 23.7 Å². The monoisotopic (exact) mass is 961 g/mol. The first-order valence-corrected chi connectivity index (χ1v) is 27.8. The van der Waals surface area contributed by atoms with E-state index in [1.807, 2.05) is 0 Å². The highest BCUT2D eigenvalue weighted by molar-refractivity contribution is 5.99. The van der Waals surface area contributed by atoms with E-state index in [0.29, 0.717) is 11.8 Å². The van der Waals surface area contributed by atoms with Crippen LogP contribution < -0.4 is 4.90 Å². The van der Waals surface area contributed by atoms with Gasteiger partial charge in [-0.05, 0) is 181 Å². The van der Waals surface area contributed by atoms with E-state index in [2.05, 4.69) is 255 Å². The van der Waals surface area contributed by atoms with Crippen molar-refractivity contribution in [2.24, 2.45) is 23.7 Å². The van der Waals surface area contributed by atoms with Crippen LogP contribution in [0.25, 0.3) is 55.6 Å². The molecule has 0 unspecified atom stereocenters. The molecular formula is C74H59N. The summed E-state index contributed by atoms with van der Waals surface area (Å²) in [6.07, 6.45) is 6.88. The van der Waals surface area contributed by atoms with Gasteiger partial charge < -0.3 is 4.90 Å². The Morgan fingerprint density at radius 3 is 1.49 bits per heavy atom. The first-order chi connectivity index (χ1) is 36.9. The summed E-state index contributed by atoms with van der Waals surface area (Å²) in [6, 6.07) is 90.7. The molecule has 0 amide bonds. The number of fused-ring (bicyclic) bond motifs is 9. The second-order valence-corrected chi connectivity index (χ2v) is 23.5. The largest absolute Gasteiger partial charge is 0.310 e. The van der Waals surface area contributed by atoms with Crippen molar-refractivity contribution in [3.8, 4) is 55.6 Å². The van der Waals surface area contributed by atoms with Crippen LogP contribution in [-0.4, -0.2) is 0 Å². The highest BCUT2D eigenvalue weighted by Gasteiger charge is 2.61. The van der Waals surface area contributed by atoms with E-state index in [1.165, 1.54) is 132 Å². The summed E-state index contributed by atoms with van der Waals surface area (Å²) in [4.78, 5) is 2.63. The van der Waals surface area contributed by atoms with Crippen LogP contribution in [0.4, 0.5) is 17.1 Å². The molecule has 75 heavy (non-hydrogen) atoms. The molecule has 7 aliphatic carbocycles. The lowest BCUT2D eigenvalue weighted by Crippen LogP contribution is -2.55. The molecule has 0 heterocycles. The van der Waals surface area contributed by atoms with Crippen molar-refractivity contribution < 1.29 is 0 Å². The van der Waals surface area contributed by atoms with Gasteiger partial charge in [-0.25, -0.2) is 0 Å². The lowest BCUT2D eigenvalue weighted by molar-refractivity contribution is -0.0399. The molecule has 17 rings (SSSR count). The summed E-state index contributed by atoms with van der Waals surface area (Å²) >= 11 is 0. The maximum absolute atomic E-state index is 2.68. The SMILES string of the molecule is CC1(C)c2ccccc2-c2cccc(-c3ccccc3-c3ccc(N(c4ccc5c(c4)C4(c6ccccc6-5)C5CC6CC(C5)CC4C6)c4cccc5c4-c4ccccc4C5(c4ccccc4)c4ccccc4)cc3)c21. The molecule has 0 aliphatic heterocycles. The second-order valence-electron chi connectivity index (χ2n) is 23.5. The van der Waals surface area contributed by atoms with Crippen LogP contribution in [0.5, 0.6) is 0 Å². The average Bonchev–Trinajstić information content (AvgIpc) is 4.05. The van der Waals surface area contributed by atoms with E-state index in [0.717, 1.165) is 17.5 Å². The Hall–Kier alpha value is -8.00. The van der Waals surface area contributed by atoms with E-state index in [9.17, 15) is 0 Å². The molecule has 0 atom stereocenters. The van der Waals surface area contributed by atoms with Gasteiger partial charge in [-0.15, -0.1) is 0 Å². The van der Waals surface area contributed by atoms with Gasteiger partial charge in [0.15, 0.2) is 0 Å². The van der Waals surface area contributed by atoms with Crippen molar-refractivity contribution in [2.75, 3.05) is 4.90 Å². The van der Waals surface area contributed by atoms with Crippen molar-refractivity contribution >= 4 is 17.1 Å². The minimum Gasteiger partial charge on any atom is -0.310 e. The summed E-state index contributed by atoms with van der Waals surface area (Å²) < 4.78 is 0. The fourth-order valence-electron chi connectivity index (χ4n) is 17.2. The third kappa shape index (κ3) is 5.85. The maximum atomic E-state index is 2.68. The van der Waals surface area contributed by atoms with E-state index < -0.39 is 5.41 Å². The number of anilines is 3. The summed E-state index contributed by atoms with van der Waals surface area (Å²) in [6.45, 7) is 4.80. The second kappa shape index (κ2) is 16.0. The van der Waals surface area contributed by atoms with Crippen LogP contribution >= 0.6 is 0 Å². The van der Waals surface area contributed by atoms with Gasteiger partial charge in [0.1, 0.15) is 0 Å². The summed E-state index contributed by atoms with van der Waals surface area (Å²) in [5.41, 5.74) is 27.4. The molecule has 10 aromatic carbocycles. The summed E-state index contributed by atoms with van der Waals surface area (Å²) in [7, 11) is 0. The Kier molecular flexibility index (Phi) is 9.26. The van der Waals surface area contributed by atoms with Gasteiger partial charge in [-0.3, -0.25) is 0 Å². The zero-order chi connectivity index (χ0) is 49.6. The average molecular weight is 962 g/mol. The number of rotatable bonds is 7. The van der Waals surface area contributed by atoms with E-state index in [4.69, 9.17) is 0 Å². The van der Waals surface area contributed by atoms with Gasteiger partial charge in [0.05, 0.1) is 11.1 Å². The highest BCUT2D eigenvalue weighted by atomic mass is 15.1. The molecule has 0 saturated heterocycles. The molecule has 360 valence electrons. The van der Waals surface area contributed by atoms with Crippen LogP contribution in [0.1, 0.15) is 90.5 Å². The van der Waals surface area contributed by atoms with E-state index in [1.54, 1.807) is 11.1 Å². The fraction of sp³-hybridized carbons (Fsp3) is 0.189. The first-order valence-electron chi connectivity index (χ1n) is 27.8. The molecule has 4 fully saturated rings. The summed E-state index contributed by atoms with van der Waals surface area (Å²) in [5, 5.41) is 0. The van der Waals surface area contributed by atoms with Gasteiger partial charge in [0, 0.05) is 27.8 Å². The topological polar surface area (TPSA) is 3.24 Å². The number of benzene rings is 10. The number of hydrogen-bond acceptors (Lipinski definition) is 1. The highest BCUT2D eigenvalue weighted by Crippen LogP contribution is 2.70. The summed E-state index contributed by atoms with van der Waals surface area (Å²) in [5.74, 6) is 3.11. The molecule has 7 aliphatic rings. The Labute approximate surface area is 442 Å². The standard InChI is InChI=1S/C74H59N/c1-72(2)64-30-14-11-26-59(64)62-29-17-28-61(71(62)72)57-24-10-9-23-56(57)49-35-37-54(38-36-49)75(55-39-40-60-58-25-12-15-31-65(58)74(68(60)46-55)52-42-47-41-48(44-52)45-53(74)43-47)69-34-18-33-67-70(69)63-27-13-16-32-66(63)73(67,50-19-5-3-6-20-50)51-21-7-4-8-22-51/h3-40,46-48,52-53H,41-45H2,1-2H3. The van der Waals surface area contributed by atoms with Crippen molar-refractivity contribution in [1.29, 1.82) is 0 Å². The Bertz CT molecular complexity index is 3860. The normalized spacial score (nSPS) is 22.0. The van der Waals surface area contributed by atoms with Crippen molar-refractivity contribution in [3.63, 3.8) is 0 Å². The van der Waals surface area contributed by atoms with Gasteiger partial charge in [0.25, 0.3) is 0 Å². The van der Waals surface area contributed by atoms with Crippen molar-refractivity contribution in [2.45, 2.75) is 62.2 Å². The molecule has 4 bridgehead atoms. The van der Waals surface area contributed by atoms with Crippen molar-refractivity contribution in [1.82, 2.24) is 0 Å². The van der Waals surface area contributed by atoms with Crippen LogP contribution in [-0.2, 0) is 16.2 Å². The minimum absolute atomic E-state index is 0.0448. The van der Waals surface area contributed by atoms with Crippen LogP contribution in [0.3, 0.4) is 0 Å². The van der Waals surface area contributed by atoms with Gasteiger partial charge >= 0.3 is 0 Å². The smallest absolute Gasteiger partial charge is 0.0714 e. The van der Waals surface area contributed by atoms with Gasteiger partial charge in [0.2, 0.25) is 0 Å². The number of hydrogen-bond donors (Lipinski definition) is 0. The molecule has 0 N–H and O–H groups in total. The maximum Gasteiger partial charge on any atom is 0.0714 e. The Morgan fingerprint density at radius 1 is 0.347 bits per heavy atom. The molecular weight excluding hydrogens is 903 g/mol. The van der Waals surface area contributed by atoms with Crippen LogP contribution in [0.2, 0.25) is 0 Å². The lowest BCUT2D eigenvalue weighted by atomic mass is 9.43. The Morgan fingerprint density at radius 2 is 0.827 bits per heavy atom. The number of nitrogens with zero attached hydrogens (tertiary/aromatic N) is 1. The molecule has 0 radical (unpaired) electrons. The van der Waals surface area contributed by atoms with Crippen LogP contribution in [0.15, 0.2) is 237 Å². The zero-order valence-corrected chi connectivity index (χ0v) is 42.8. The first kappa shape index (κ1) is 43.4. The van der Waals surface area contributed by atoms with E-state index >= 15 is 0 Å². The molecule has 1 heteroatoms. The van der Waals surface area contributed by atoms with Gasteiger partial charge in [-0.1, -0.05) is 220 Å². The van der Waals surface area contributed by atoms with E-state index in [-0.39, 0.29) is 10.8 Å². The molecule has 10 aromatic rings. The molecule has 0 aromatic heterocycles. The van der Waals surface area contributed by atoms with Gasteiger partial charge in [-0.2, -0.15) is 0 Å². The third-order valence-corrected chi connectivity index (χ3v) is 19.7. The third-order valence-electron chi connectivity index (χ3n) is 19.7. The molecule has 1 nitrogen and oxygen atoms in total. The lowest BCUT2D eigenvalue weighted by Gasteiger charge is -2.61. The molecule has 4 saturated carbocycles. The van der Waals surface area contributed by atoms with Crippen molar-refractivity contribution in [3.05, 3.63) is 281 Å². The Balaban J connectivity index is 0.912. The predicted octanol–water partition coefficient (Wildman–Crippen LogP) is 18.9. The zero-order valence-electron chi connectivity index (χ0n) is 42.8. The predicted molar refractivity (Wildman–Crippen MR) is 310 cm³/mol. The quantitative estimate of drug-likeness (QED) is 0.154.